The van der Waals surface area contributed by atoms with Crippen LogP contribution in [0.15, 0.2) is 84.3 Å². The number of nitrogens with one attached hydrogen (secondary N) is 4. The van der Waals surface area contributed by atoms with Gasteiger partial charge in [-0.1, -0.05) is 18.2 Å². The SMILES string of the molecule is O=C(Nc1ccc(NC=C(NCCN2CCOCC2)[N+](=O)[O-])cc1)c1sccc1NCc1ccnc2ccccc12. The summed E-state index contributed by atoms with van der Waals surface area (Å²) in [5.41, 5.74) is 4.05. The molecule has 12 heteroatoms. The number of hydrogen-bond donors (Lipinski definition) is 4. The number of ether oxygens (including phenoxy) is 1. The highest BCUT2D eigenvalue weighted by Crippen LogP contribution is 2.26. The van der Waals surface area contributed by atoms with Crippen LogP contribution in [0.4, 0.5) is 17.1 Å². The zero-order chi connectivity index (χ0) is 28.4. The maximum Gasteiger partial charge on any atom is 0.332 e. The van der Waals surface area contributed by atoms with Crippen LogP contribution in [0.1, 0.15) is 15.2 Å². The first-order valence-electron chi connectivity index (χ1n) is 13.3. The summed E-state index contributed by atoms with van der Waals surface area (Å²) in [5, 5.41) is 26.5. The largest absolute Gasteiger partial charge is 0.380 e. The summed E-state index contributed by atoms with van der Waals surface area (Å²) >= 11 is 1.36. The summed E-state index contributed by atoms with van der Waals surface area (Å²) in [4.78, 5) is 31.2. The Hall–Kier alpha value is -4.52. The van der Waals surface area contributed by atoms with Crippen LogP contribution in [0, 0.1) is 10.1 Å². The summed E-state index contributed by atoms with van der Waals surface area (Å²) < 4.78 is 5.32. The molecule has 4 N–H and O–H groups in total. The number of benzene rings is 2. The summed E-state index contributed by atoms with van der Waals surface area (Å²) in [6.07, 6.45) is 3.12. The van der Waals surface area contributed by atoms with Gasteiger partial charge < -0.3 is 30.8 Å². The number of nitro groups is 1. The van der Waals surface area contributed by atoms with Gasteiger partial charge in [-0.05, 0) is 58.3 Å². The molecule has 1 saturated heterocycles. The third kappa shape index (κ3) is 7.57. The predicted molar refractivity (Wildman–Crippen MR) is 162 cm³/mol. The van der Waals surface area contributed by atoms with Crippen molar-refractivity contribution in [3.05, 3.63) is 105 Å². The topological polar surface area (TPSA) is 134 Å². The van der Waals surface area contributed by atoms with E-state index in [1.165, 1.54) is 17.5 Å². The molecule has 0 radical (unpaired) electrons. The Morgan fingerprint density at radius 3 is 2.66 bits per heavy atom. The summed E-state index contributed by atoms with van der Waals surface area (Å²) in [5.74, 6) is -0.337. The minimum atomic E-state index is -0.454. The maximum absolute atomic E-state index is 13.0. The first-order chi connectivity index (χ1) is 20.1. The zero-order valence-corrected chi connectivity index (χ0v) is 23.2. The number of carbonyl (C=O) groups excluding carboxylic acids is 1. The molecular weight excluding hydrogens is 542 g/mol. The lowest BCUT2D eigenvalue weighted by Gasteiger charge is -2.25. The van der Waals surface area contributed by atoms with E-state index in [-0.39, 0.29) is 11.7 Å². The average molecular weight is 574 g/mol. The van der Waals surface area contributed by atoms with E-state index in [4.69, 9.17) is 4.74 Å². The highest BCUT2D eigenvalue weighted by molar-refractivity contribution is 7.12. The second-order valence-electron chi connectivity index (χ2n) is 9.35. The molecule has 0 spiro atoms. The van der Waals surface area contributed by atoms with Crippen molar-refractivity contribution < 1.29 is 14.5 Å². The zero-order valence-electron chi connectivity index (χ0n) is 22.3. The van der Waals surface area contributed by atoms with Crippen molar-refractivity contribution in [1.82, 2.24) is 15.2 Å². The van der Waals surface area contributed by atoms with Crippen molar-refractivity contribution in [1.29, 1.82) is 0 Å². The molecule has 2 aromatic carbocycles. The van der Waals surface area contributed by atoms with E-state index in [1.807, 2.05) is 41.8 Å². The van der Waals surface area contributed by atoms with Gasteiger partial charge in [-0.15, -0.1) is 11.3 Å². The molecule has 5 rings (SSSR count). The third-order valence-corrected chi connectivity index (χ3v) is 7.55. The Bertz CT molecular complexity index is 1510. The minimum absolute atomic E-state index is 0.117. The van der Waals surface area contributed by atoms with E-state index in [9.17, 15) is 14.9 Å². The highest BCUT2D eigenvalue weighted by Gasteiger charge is 2.15. The Morgan fingerprint density at radius 1 is 1.07 bits per heavy atom. The first kappa shape index (κ1) is 28.0. The standard InChI is InChI=1S/C29H31N7O4S/c37-29(28-26(10-18-41-28)33-19-21-9-11-30-25-4-2-1-3-24(21)25)34-23-7-5-22(6-8-23)32-20-27(36(38)39)31-12-13-35-14-16-40-17-15-35/h1-11,18,20,31-33H,12-17,19H2,(H,34,37). The minimum Gasteiger partial charge on any atom is -0.380 e. The van der Waals surface area contributed by atoms with Crippen LogP contribution in [-0.4, -0.2) is 60.1 Å². The van der Waals surface area contributed by atoms with Gasteiger partial charge in [0.25, 0.3) is 5.91 Å². The molecule has 2 aromatic heterocycles. The van der Waals surface area contributed by atoms with Gasteiger partial charge in [0.05, 0.1) is 37.2 Å². The lowest BCUT2D eigenvalue weighted by molar-refractivity contribution is -0.431. The lowest BCUT2D eigenvalue weighted by Crippen LogP contribution is -2.40. The summed E-state index contributed by atoms with van der Waals surface area (Å²) in [6, 6.07) is 18.8. The molecule has 0 aliphatic carbocycles. The second-order valence-corrected chi connectivity index (χ2v) is 10.3. The monoisotopic (exact) mass is 573 g/mol. The Morgan fingerprint density at radius 2 is 1.85 bits per heavy atom. The van der Waals surface area contributed by atoms with Crippen molar-refractivity contribution >= 4 is 45.2 Å². The highest BCUT2D eigenvalue weighted by atomic mass is 32.1. The molecular formula is C29H31N7O4S. The maximum atomic E-state index is 13.0. The van der Waals surface area contributed by atoms with Crippen molar-refractivity contribution in [2.75, 3.05) is 55.3 Å². The normalized spacial score (nSPS) is 14.0. The Kier molecular flexibility index (Phi) is 9.37. The van der Waals surface area contributed by atoms with E-state index >= 15 is 0 Å². The number of rotatable bonds is 12. The van der Waals surface area contributed by atoms with Crippen molar-refractivity contribution in [2.45, 2.75) is 6.54 Å². The molecule has 1 aliphatic rings. The van der Waals surface area contributed by atoms with Crippen molar-refractivity contribution in [3.63, 3.8) is 0 Å². The van der Waals surface area contributed by atoms with E-state index in [0.717, 1.165) is 35.2 Å². The van der Waals surface area contributed by atoms with Crippen LogP contribution in [-0.2, 0) is 11.3 Å². The quantitative estimate of drug-likeness (QED) is 0.142. The van der Waals surface area contributed by atoms with Gasteiger partial charge in [-0.25, -0.2) is 0 Å². The molecule has 0 atom stereocenters. The lowest BCUT2D eigenvalue weighted by atomic mass is 10.1. The number of anilines is 3. The first-order valence-corrected chi connectivity index (χ1v) is 14.2. The van der Waals surface area contributed by atoms with Gasteiger partial charge in [0.15, 0.2) is 0 Å². The predicted octanol–water partition coefficient (Wildman–Crippen LogP) is 4.57. The molecule has 1 fully saturated rings. The third-order valence-electron chi connectivity index (χ3n) is 6.63. The van der Waals surface area contributed by atoms with Gasteiger partial charge >= 0.3 is 5.82 Å². The van der Waals surface area contributed by atoms with Crippen molar-refractivity contribution in [2.24, 2.45) is 0 Å². The van der Waals surface area contributed by atoms with E-state index in [1.54, 1.807) is 30.5 Å². The number of amides is 1. The molecule has 3 heterocycles. The number of fused-ring (bicyclic) bond motifs is 1. The van der Waals surface area contributed by atoms with Gasteiger partial charge in [-0.2, -0.15) is 0 Å². The van der Waals surface area contributed by atoms with Gasteiger partial charge in [0, 0.05) is 49.1 Å². The van der Waals surface area contributed by atoms with Crippen LogP contribution in [0.25, 0.3) is 10.9 Å². The van der Waals surface area contributed by atoms with E-state index in [2.05, 4.69) is 31.2 Å². The fraction of sp³-hybridized carbons (Fsp3) is 0.241. The molecule has 11 nitrogen and oxygen atoms in total. The molecule has 0 bridgehead atoms. The smallest absolute Gasteiger partial charge is 0.332 e. The number of morpholine rings is 1. The van der Waals surface area contributed by atoms with E-state index < -0.39 is 4.92 Å². The number of nitrogens with zero attached hydrogens (tertiary/aromatic N) is 3. The summed E-state index contributed by atoms with van der Waals surface area (Å²) in [6.45, 7) is 4.74. The number of aromatic nitrogens is 1. The number of pyridine rings is 1. The Balaban J connectivity index is 1.14. The van der Waals surface area contributed by atoms with Gasteiger partial charge in [-0.3, -0.25) is 20.0 Å². The van der Waals surface area contributed by atoms with Crippen LogP contribution < -0.4 is 21.3 Å². The van der Waals surface area contributed by atoms with Crippen LogP contribution in [0.3, 0.4) is 0 Å². The number of carbonyl (C=O) groups is 1. The molecule has 41 heavy (non-hydrogen) atoms. The van der Waals surface area contributed by atoms with Crippen LogP contribution in [0.2, 0.25) is 0 Å². The van der Waals surface area contributed by atoms with E-state index in [0.29, 0.717) is 49.1 Å². The molecule has 0 saturated carbocycles. The number of para-hydroxylation sites is 1. The van der Waals surface area contributed by atoms with Crippen LogP contribution >= 0.6 is 11.3 Å². The molecule has 212 valence electrons. The number of hydrogen-bond acceptors (Lipinski definition) is 10. The fourth-order valence-electron chi connectivity index (χ4n) is 4.45. The second kappa shape index (κ2) is 13.7. The van der Waals surface area contributed by atoms with Crippen molar-refractivity contribution in [3.8, 4) is 0 Å². The number of thiophene rings is 1. The van der Waals surface area contributed by atoms with Gasteiger partial charge in [0.2, 0.25) is 0 Å². The van der Waals surface area contributed by atoms with Crippen LogP contribution in [0.5, 0.6) is 0 Å². The van der Waals surface area contributed by atoms with Gasteiger partial charge in [0.1, 0.15) is 4.88 Å². The molecule has 4 aromatic rings. The molecule has 1 aliphatic heterocycles. The summed E-state index contributed by atoms with van der Waals surface area (Å²) in [7, 11) is 0. The molecule has 0 unspecified atom stereocenters. The average Bonchev–Trinajstić information content (AvgIpc) is 3.48. The molecule has 1 amide bonds. The Labute approximate surface area is 241 Å². The fourth-order valence-corrected chi connectivity index (χ4v) is 5.21.